The Hall–Kier alpha value is -0.610. The molecule has 1 saturated heterocycles. The van der Waals surface area contributed by atoms with Gasteiger partial charge in [0.05, 0.1) is 6.54 Å². The molecule has 0 bridgehead atoms. The van der Waals surface area contributed by atoms with E-state index in [2.05, 4.69) is 24.1 Å². The van der Waals surface area contributed by atoms with E-state index in [1.165, 1.54) is 25.7 Å². The lowest BCUT2D eigenvalue weighted by Crippen LogP contribution is -2.53. The third kappa shape index (κ3) is 3.93. The number of carbonyl (C=O) groups is 1. The molecule has 0 aromatic heterocycles. The molecule has 1 aliphatic heterocycles. The molecule has 0 radical (unpaired) electrons. The van der Waals surface area contributed by atoms with Crippen molar-refractivity contribution in [2.75, 3.05) is 33.2 Å². The van der Waals surface area contributed by atoms with E-state index in [9.17, 15) is 4.79 Å². The molecule has 2 aliphatic rings. The van der Waals surface area contributed by atoms with Crippen LogP contribution in [0.4, 0.5) is 0 Å². The lowest BCUT2D eigenvalue weighted by atomic mass is 9.87. The molecule has 0 aromatic carbocycles. The highest BCUT2D eigenvalue weighted by molar-refractivity contribution is 5.78. The highest BCUT2D eigenvalue weighted by Gasteiger charge is 2.27. The topological polar surface area (TPSA) is 35.6 Å². The number of hydrogen-bond acceptors (Lipinski definition) is 3. The molecule has 4 nitrogen and oxygen atoms in total. The fourth-order valence-corrected chi connectivity index (χ4v) is 3.24. The van der Waals surface area contributed by atoms with E-state index in [1.54, 1.807) is 0 Å². The number of amides is 1. The lowest BCUT2D eigenvalue weighted by Gasteiger charge is -2.37. The Morgan fingerprint density at radius 1 is 1.26 bits per heavy atom. The Kier molecular flexibility index (Phi) is 5.22. The normalized spacial score (nSPS) is 33.1. The van der Waals surface area contributed by atoms with Crippen LogP contribution in [-0.4, -0.2) is 61.0 Å². The maximum Gasteiger partial charge on any atom is 0.236 e. The lowest BCUT2D eigenvalue weighted by molar-refractivity contribution is -0.134. The number of nitrogens with zero attached hydrogens (tertiary/aromatic N) is 2. The summed E-state index contributed by atoms with van der Waals surface area (Å²) in [7, 11) is 2.00. The summed E-state index contributed by atoms with van der Waals surface area (Å²) in [5, 5.41) is 3.37. The van der Waals surface area contributed by atoms with Gasteiger partial charge in [-0.25, -0.2) is 0 Å². The Labute approximate surface area is 117 Å². The van der Waals surface area contributed by atoms with Crippen LogP contribution in [0.15, 0.2) is 0 Å². The molecular formula is C15H29N3O. The van der Waals surface area contributed by atoms with E-state index in [-0.39, 0.29) is 0 Å². The van der Waals surface area contributed by atoms with Crippen LogP contribution in [0.1, 0.15) is 39.5 Å². The summed E-state index contributed by atoms with van der Waals surface area (Å²) < 4.78 is 0. The predicted molar refractivity (Wildman–Crippen MR) is 78.1 cm³/mol. The molecule has 19 heavy (non-hydrogen) atoms. The predicted octanol–water partition coefficient (Wildman–Crippen LogP) is 1.32. The minimum Gasteiger partial charge on any atom is -0.342 e. The highest BCUT2D eigenvalue weighted by Crippen LogP contribution is 2.26. The number of carbonyl (C=O) groups excluding carboxylic acids is 1. The second kappa shape index (κ2) is 6.71. The molecular weight excluding hydrogens is 238 g/mol. The summed E-state index contributed by atoms with van der Waals surface area (Å²) in [5.74, 6) is 1.14. The molecule has 0 unspecified atom stereocenters. The van der Waals surface area contributed by atoms with Crippen molar-refractivity contribution in [3.05, 3.63) is 0 Å². The Balaban J connectivity index is 1.81. The van der Waals surface area contributed by atoms with Gasteiger partial charge in [-0.05, 0) is 38.5 Å². The summed E-state index contributed by atoms with van der Waals surface area (Å²) in [6.07, 6.45) is 4.90. The van der Waals surface area contributed by atoms with E-state index in [0.717, 1.165) is 25.6 Å². The largest absolute Gasteiger partial charge is 0.342 e. The first-order valence-corrected chi connectivity index (χ1v) is 7.78. The fourth-order valence-electron chi connectivity index (χ4n) is 3.24. The van der Waals surface area contributed by atoms with Crippen LogP contribution in [0, 0.1) is 5.92 Å². The molecule has 2 rings (SSSR count). The van der Waals surface area contributed by atoms with E-state index >= 15 is 0 Å². The van der Waals surface area contributed by atoms with Gasteiger partial charge in [-0.3, -0.25) is 9.69 Å². The van der Waals surface area contributed by atoms with Crippen LogP contribution < -0.4 is 5.32 Å². The van der Waals surface area contributed by atoms with Gasteiger partial charge in [0.25, 0.3) is 0 Å². The van der Waals surface area contributed by atoms with Crippen LogP contribution in [0.2, 0.25) is 0 Å². The molecule has 1 aliphatic carbocycles. The molecule has 110 valence electrons. The van der Waals surface area contributed by atoms with Crippen molar-refractivity contribution < 1.29 is 4.79 Å². The van der Waals surface area contributed by atoms with Crippen molar-refractivity contribution >= 4 is 5.91 Å². The molecule has 1 N–H and O–H groups in total. The van der Waals surface area contributed by atoms with Crippen molar-refractivity contribution in [2.45, 2.75) is 51.6 Å². The van der Waals surface area contributed by atoms with Crippen molar-refractivity contribution in [3.8, 4) is 0 Å². The summed E-state index contributed by atoms with van der Waals surface area (Å²) in [5.41, 5.74) is 0. The zero-order valence-electron chi connectivity index (χ0n) is 12.7. The van der Waals surface area contributed by atoms with Crippen LogP contribution in [-0.2, 0) is 4.79 Å². The highest BCUT2D eigenvalue weighted by atomic mass is 16.2. The van der Waals surface area contributed by atoms with Gasteiger partial charge in [0, 0.05) is 38.8 Å². The maximum absolute atomic E-state index is 12.4. The van der Waals surface area contributed by atoms with Crippen molar-refractivity contribution in [2.24, 2.45) is 5.92 Å². The molecule has 1 heterocycles. The van der Waals surface area contributed by atoms with Gasteiger partial charge in [-0.1, -0.05) is 6.92 Å². The van der Waals surface area contributed by atoms with Crippen molar-refractivity contribution in [1.29, 1.82) is 0 Å². The minimum atomic E-state index is 0.299. The summed E-state index contributed by atoms with van der Waals surface area (Å²) in [4.78, 5) is 16.7. The molecule has 1 saturated carbocycles. The van der Waals surface area contributed by atoms with Crippen molar-refractivity contribution in [1.82, 2.24) is 15.1 Å². The van der Waals surface area contributed by atoms with Gasteiger partial charge in [-0.2, -0.15) is 0 Å². The smallest absolute Gasteiger partial charge is 0.236 e. The van der Waals surface area contributed by atoms with E-state index in [0.29, 0.717) is 24.5 Å². The van der Waals surface area contributed by atoms with Crippen LogP contribution in [0.5, 0.6) is 0 Å². The second-order valence-electron chi connectivity index (χ2n) is 6.44. The quantitative estimate of drug-likeness (QED) is 0.837. The molecule has 1 atom stereocenters. The van der Waals surface area contributed by atoms with Gasteiger partial charge in [0.15, 0.2) is 0 Å². The monoisotopic (exact) mass is 267 g/mol. The van der Waals surface area contributed by atoms with Gasteiger partial charge >= 0.3 is 0 Å². The summed E-state index contributed by atoms with van der Waals surface area (Å²) >= 11 is 0. The first-order chi connectivity index (χ1) is 9.08. The van der Waals surface area contributed by atoms with Crippen molar-refractivity contribution in [3.63, 3.8) is 0 Å². The zero-order chi connectivity index (χ0) is 13.8. The van der Waals surface area contributed by atoms with Gasteiger partial charge in [-0.15, -0.1) is 0 Å². The zero-order valence-corrected chi connectivity index (χ0v) is 12.7. The Morgan fingerprint density at radius 2 is 1.95 bits per heavy atom. The summed E-state index contributed by atoms with van der Waals surface area (Å²) in [6, 6.07) is 0.944. The molecule has 1 amide bonds. The van der Waals surface area contributed by atoms with Gasteiger partial charge < -0.3 is 10.2 Å². The van der Waals surface area contributed by atoms with Gasteiger partial charge in [0.1, 0.15) is 0 Å². The van der Waals surface area contributed by atoms with Crippen LogP contribution >= 0.6 is 0 Å². The second-order valence-corrected chi connectivity index (χ2v) is 6.44. The molecule has 0 aromatic rings. The number of nitrogens with one attached hydrogen (secondary N) is 1. The third-order valence-electron chi connectivity index (χ3n) is 4.90. The first-order valence-electron chi connectivity index (χ1n) is 7.78. The average Bonchev–Trinajstić information content (AvgIpc) is 2.41. The SMILES string of the molecule is CC1CCC(N(C)C(=O)CN2CCNC[C@@H]2C)CC1. The van der Waals surface area contributed by atoms with E-state index in [1.807, 2.05) is 11.9 Å². The average molecular weight is 267 g/mol. The maximum atomic E-state index is 12.4. The minimum absolute atomic E-state index is 0.299. The molecule has 0 spiro atoms. The van der Waals surface area contributed by atoms with E-state index < -0.39 is 0 Å². The summed E-state index contributed by atoms with van der Waals surface area (Å²) in [6.45, 7) is 8.09. The standard InChI is InChI=1S/C15H29N3O/c1-12-4-6-14(7-5-12)17(3)15(19)11-18-9-8-16-10-13(18)2/h12-14,16H,4-11H2,1-3H3/t12?,13-,14?/m0/s1. The number of likely N-dealkylation sites (N-methyl/N-ethyl adjacent to an activating group) is 1. The van der Waals surface area contributed by atoms with E-state index in [4.69, 9.17) is 0 Å². The van der Waals surface area contributed by atoms with Crippen LogP contribution in [0.3, 0.4) is 0 Å². The fraction of sp³-hybridized carbons (Fsp3) is 0.933. The van der Waals surface area contributed by atoms with Gasteiger partial charge in [0.2, 0.25) is 5.91 Å². The molecule has 2 fully saturated rings. The number of rotatable bonds is 3. The number of hydrogen-bond donors (Lipinski definition) is 1. The van der Waals surface area contributed by atoms with Crippen LogP contribution in [0.25, 0.3) is 0 Å². The Bertz CT molecular complexity index is 300. The molecule has 4 heteroatoms. The Morgan fingerprint density at radius 3 is 2.58 bits per heavy atom. The third-order valence-corrected chi connectivity index (χ3v) is 4.90. The first kappa shape index (κ1) is 14.8. The number of piperazine rings is 1.